The van der Waals surface area contributed by atoms with Gasteiger partial charge in [-0.2, -0.15) is 0 Å². The molecule has 16 heavy (non-hydrogen) atoms. The molecule has 0 spiro atoms. The molecule has 0 saturated carbocycles. The topological polar surface area (TPSA) is 91.7 Å². The smallest absolute Gasteiger partial charge is 0.307 e. The lowest BCUT2D eigenvalue weighted by atomic mass is 10.0. The monoisotopic (exact) mass is 240 g/mol. The van der Waals surface area contributed by atoms with Crippen LogP contribution in [-0.4, -0.2) is 24.6 Å². The molecule has 84 valence electrons. The minimum Gasteiger partial charge on any atom is -0.507 e. The van der Waals surface area contributed by atoms with Gasteiger partial charge >= 0.3 is 5.97 Å². The van der Waals surface area contributed by atoms with E-state index in [1.54, 1.807) is 0 Å². The highest BCUT2D eigenvalue weighted by atomic mass is 32.2. The van der Waals surface area contributed by atoms with E-state index in [0.29, 0.717) is 0 Å². The molecule has 0 atom stereocenters. The maximum absolute atomic E-state index is 11.6. The van der Waals surface area contributed by atoms with Crippen LogP contribution in [-0.2, 0) is 14.6 Å². The van der Waals surface area contributed by atoms with E-state index in [1.807, 2.05) is 0 Å². The lowest BCUT2D eigenvalue weighted by Gasteiger charge is -2.03. The fourth-order valence-electron chi connectivity index (χ4n) is 1.69. The van der Waals surface area contributed by atoms with E-state index < -0.39 is 15.8 Å². The molecule has 6 heteroatoms. The van der Waals surface area contributed by atoms with Gasteiger partial charge in [-0.1, -0.05) is 12.1 Å². The van der Waals surface area contributed by atoms with Crippen molar-refractivity contribution in [3.63, 3.8) is 0 Å². The van der Waals surface area contributed by atoms with Crippen molar-refractivity contribution in [1.29, 1.82) is 0 Å². The Morgan fingerprint density at radius 1 is 1.31 bits per heavy atom. The SMILES string of the molecule is O=C(O)CC1=CS(=O)(=O)c2c(O)cccc21. The number of phenolic OH excluding ortho intramolecular Hbond substituents is 1. The van der Waals surface area contributed by atoms with Crippen LogP contribution in [0.4, 0.5) is 0 Å². The van der Waals surface area contributed by atoms with Crippen molar-refractivity contribution in [2.45, 2.75) is 11.3 Å². The molecule has 1 aromatic carbocycles. The van der Waals surface area contributed by atoms with Crippen LogP contribution in [0.2, 0.25) is 0 Å². The lowest BCUT2D eigenvalue weighted by molar-refractivity contribution is -0.135. The zero-order chi connectivity index (χ0) is 11.9. The minimum absolute atomic E-state index is 0.193. The van der Waals surface area contributed by atoms with Gasteiger partial charge in [0.2, 0.25) is 9.84 Å². The first-order valence-electron chi connectivity index (χ1n) is 4.41. The molecule has 1 aliphatic heterocycles. The van der Waals surface area contributed by atoms with Crippen LogP contribution < -0.4 is 0 Å². The molecule has 0 saturated heterocycles. The first-order valence-corrected chi connectivity index (χ1v) is 5.96. The number of aromatic hydroxyl groups is 1. The van der Waals surface area contributed by atoms with Crippen molar-refractivity contribution in [3.8, 4) is 5.75 Å². The third-order valence-corrected chi connectivity index (χ3v) is 3.86. The highest BCUT2D eigenvalue weighted by Crippen LogP contribution is 2.39. The molecular weight excluding hydrogens is 232 g/mol. The summed E-state index contributed by atoms with van der Waals surface area (Å²) < 4.78 is 23.3. The van der Waals surface area contributed by atoms with Crippen LogP contribution in [0.15, 0.2) is 28.5 Å². The molecule has 0 amide bonds. The Kier molecular flexibility index (Phi) is 2.23. The molecule has 0 unspecified atom stereocenters. The van der Waals surface area contributed by atoms with Gasteiger partial charge in [-0.05, 0) is 11.6 Å². The van der Waals surface area contributed by atoms with E-state index >= 15 is 0 Å². The van der Waals surface area contributed by atoms with Gasteiger partial charge < -0.3 is 10.2 Å². The second kappa shape index (κ2) is 3.34. The summed E-state index contributed by atoms with van der Waals surface area (Å²) in [6, 6.07) is 4.22. The Hall–Kier alpha value is -1.82. The molecule has 1 heterocycles. The van der Waals surface area contributed by atoms with Gasteiger partial charge in [-0.3, -0.25) is 4.79 Å². The third kappa shape index (κ3) is 1.57. The van der Waals surface area contributed by atoms with E-state index in [1.165, 1.54) is 18.2 Å². The highest BCUT2D eigenvalue weighted by molar-refractivity contribution is 7.95. The summed E-state index contributed by atoms with van der Waals surface area (Å²) >= 11 is 0. The van der Waals surface area contributed by atoms with E-state index in [-0.39, 0.29) is 28.2 Å². The number of carboxylic acid groups (broad SMARTS) is 1. The van der Waals surface area contributed by atoms with E-state index in [9.17, 15) is 18.3 Å². The first-order chi connectivity index (χ1) is 7.42. The molecular formula is C10H8O5S. The maximum Gasteiger partial charge on any atom is 0.307 e. The summed E-state index contributed by atoms with van der Waals surface area (Å²) in [5.74, 6) is -1.47. The Morgan fingerprint density at radius 2 is 2.00 bits per heavy atom. The average molecular weight is 240 g/mol. The number of fused-ring (bicyclic) bond motifs is 1. The number of carboxylic acids is 1. The first kappa shape index (κ1) is 10.7. The van der Waals surface area contributed by atoms with Gasteiger partial charge in [0.1, 0.15) is 10.6 Å². The zero-order valence-electron chi connectivity index (χ0n) is 8.04. The summed E-state index contributed by atoms with van der Waals surface area (Å²) in [6.45, 7) is 0. The van der Waals surface area contributed by atoms with Gasteiger partial charge in [0.15, 0.2) is 0 Å². The van der Waals surface area contributed by atoms with Gasteiger partial charge in [-0.25, -0.2) is 8.42 Å². The number of carbonyl (C=O) groups is 1. The number of rotatable bonds is 2. The molecule has 1 aromatic rings. The third-order valence-electron chi connectivity index (χ3n) is 2.26. The summed E-state index contributed by atoms with van der Waals surface area (Å²) in [4.78, 5) is 10.4. The number of hydrogen-bond donors (Lipinski definition) is 2. The fraction of sp³-hybridized carbons (Fsp3) is 0.100. The summed E-state index contributed by atoms with van der Waals surface area (Å²) in [7, 11) is -3.71. The van der Waals surface area contributed by atoms with Crippen molar-refractivity contribution in [1.82, 2.24) is 0 Å². The Morgan fingerprint density at radius 3 is 2.62 bits per heavy atom. The molecule has 0 fully saturated rings. The standard InChI is InChI=1S/C10H8O5S/c11-8-3-1-2-7-6(4-9(12)13)5-16(14,15)10(7)8/h1-3,5,11H,4H2,(H,12,13). The van der Waals surface area contributed by atoms with Gasteiger partial charge in [0, 0.05) is 11.0 Å². The van der Waals surface area contributed by atoms with Crippen molar-refractivity contribution < 1.29 is 23.4 Å². The van der Waals surface area contributed by atoms with Crippen LogP contribution in [0.25, 0.3) is 5.57 Å². The average Bonchev–Trinajstić information content (AvgIpc) is 2.38. The van der Waals surface area contributed by atoms with Crippen molar-refractivity contribution in [2.75, 3.05) is 0 Å². The summed E-state index contributed by atoms with van der Waals surface area (Å²) in [5, 5.41) is 19.0. The zero-order valence-corrected chi connectivity index (χ0v) is 8.86. The number of phenols is 1. The molecule has 2 N–H and O–H groups in total. The van der Waals surface area contributed by atoms with E-state index in [2.05, 4.69) is 0 Å². The second-order valence-corrected chi connectivity index (χ2v) is 5.15. The Bertz CT molecular complexity index is 598. The van der Waals surface area contributed by atoms with Crippen LogP contribution in [0, 0.1) is 0 Å². The van der Waals surface area contributed by atoms with Crippen molar-refractivity contribution >= 4 is 21.4 Å². The molecule has 0 aromatic heterocycles. The number of aliphatic carboxylic acids is 1. The molecule has 2 rings (SSSR count). The van der Waals surface area contributed by atoms with Crippen LogP contribution in [0.3, 0.4) is 0 Å². The molecule has 0 radical (unpaired) electrons. The van der Waals surface area contributed by atoms with Crippen LogP contribution in [0.5, 0.6) is 5.75 Å². The Labute approximate surface area is 91.6 Å². The van der Waals surface area contributed by atoms with E-state index in [0.717, 1.165) is 5.41 Å². The maximum atomic E-state index is 11.6. The number of sulfone groups is 1. The van der Waals surface area contributed by atoms with Crippen LogP contribution in [0.1, 0.15) is 12.0 Å². The Balaban J connectivity index is 2.65. The van der Waals surface area contributed by atoms with Crippen molar-refractivity contribution in [3.05, 3.63) is 29.2 Å². The molecule has 0 aliphatic carbocycles. The summed E-state index contributed by atoms with van der Waals surface area (Å²) in [6.07, 6.45) is -0.379. The van der Waals surface area contributed by atoms with Crippen LogP contribution >= 0.6 is 0 Å². The number of hydrogen-bond acceptors (Lipinski definition) is 4. The van der Waals surface area contributed by atoms with Crippen molar-refractivity contribution in [2.24, 2.45) is 0 Å². The van der Waals surface area contributed by atoms with Gasteiger partial charge in [0.25, 0.3) is 0 Å². The normalized spacial score (nSPS) is 16.6. The second-order valence-electron chi connectivity index (χ2n) is 3.41. The predicted molar refractivity (Wildman–Crippen MR) is 55.5 cm³/mol. The molecule has 1 aliphatic rings. The lowest BCUT2D eigenvalue weighted by Crippen LogP contribution is -1.96. The van der Waals surface area contributed by atoms with Gasteiger partial charge in [0.05, 0.1) is 6.42 Å². The fourth-order valence-corrected chi connectivity index (χ4v) is 3.25. The quantitative estimate of drug-likeness (QED) is 0.804. The molecule has 0 bridgehead atoms. The minimum atomic E-state index is -3.71. The summed E-state index contributed by atoms with van der Waals surface area (Å²) in [5.41, 5.74) is 0.459. The van der Waals surface area contributed by atoms with Gasteiger partial charge in [-0.15, -0.1) is 0 Å². The number of benzene rings is 1. The molecule has 5 nitrogen and oxygen atoms in total. The largest absolute Gasteiger partial charge is 0.507 e. The predicted octanol–water partition coefficient (Wildman–Crippen LogP) is 0.995. The highest BCUT2D eigenvalue weighted by Gasteiger charge is 2.30. The van der Waals surface area contributed by atoms with E-state index in [4.69, 9.17) is 5.11 Å².